The maximum atomic E-state index is 5.30. The third-order valence-electron chi connectivity index (χ3n) is 2.56. The summed E-state index contributed by atoms with van der Waals surface area (Å²) in [5, 5.41) is 0. The summed E-state index contributed by atoms with van der Waals surface area (Å²) >= 11 is 0. The van der Waals surface area contributed by atoms with E-state index in [1.807, 2.05) is 6.07 Å². The largest absolute Gasteiger partial charge is 0.379 e. The maximum Gasteiger partial charge on any atom is 0.0937 e. The number of aryl methyl sites for hydroxylation is 1. The Labute approximate surface area is 84.7 Å². The number of hydrogen-bond donors (Lipinski definition) is 0. The third kappa shape index (κ3) is 2.30. The van der Waals surface area contributed by atoms with E-state index in [0.717, 1.165) is 32.8 Å². The maximum absolute atomic E-state index is 5.30. The first-order chi connectivity index (χ1) is 6.86. The Kier molecular flexibility index (Phi) is 3.11. The summed E-state index contributed by atoms with van der Waals surface area (Å²) in [6, 6.07) is 2.03. The molecule has 0 atom stereocenters. The Hall–Kier alpha value is -0.930. The molecule has 1 aromatic heterocycles. The van der Waals surface area contributed by atoms with Gasteiger partial charge in [-0.1, -0.05) is 0 Å². The van der Waals surface area contributed by atoms with Crippen LogP contribution in [0.4, 0.5) is 0 Å². The molecule has 1 saturated heterocycles. The van der Waals surface area contributed by atoms with Gasteiger partial charge in [-0.25, -0.2) is 0 Å². The van der Waals surface area contributed by atoms with Gasteiger partial charge in [0.25, 0.3) is 0 Å². The quantitative estimate of drug-likeness (QED) is 0.698. The molecule has 3 nitrogen and oxygen atoms in total. The molecule has 0 aliphatic carbocycles. The van der Waals surface area contributed by atoms with E-state index in [1.54, 1.807) is 6.20 Å². The fourth-order valence-electron chi connectivity index (χ4n) is 1.60. The number of nitrogens with zero attached hydrogens (tertiary/aromatic N) is 2. The number of ether oxygens (including phenoxy) is 1. The third-order valence-corrected chi connectivity index (χ3v) is 2.56. The lowest BCUT2D eigenvalue weighted by Gasteiger charge is -2.26. The van der Waals surface area contributed by atoms with Gasteiger partial charge in [-0.05, 0) is 24.1 Å². The van der Waals surface area contributed by atoms with E-state index in [2.05, 4.69) is 23.0 Å². The molecule has 1 aliphatic rings. The second-order valence-corrected chi connectivity index (χ2v) is 3.61. The van der Waals surface area contributed by atoms with Crippen LogP contribution < -0.4 is 0 Å². The number of pyridine rings is 1. The summed E-state index contributed by atoms with van der Waals surface area (Å²) in [6.45, 7) is 6.78. The van der Waals surface area contributed by atoms with Crippen LogP contribution in [0.15, 0.2) is 12.3 Å². The minimum Gasteiger partial charge on any atom is -0.379 e. The molecule has 0 bridgehead atoms. The van der Waals surface area contributed by atoms with Crippen molar-refractivity contribution in [2.24, 2.45) is 0 Å². The molecule has 0 aromatic carbocycles. The summed E-state index contributed by atoms with van der Waals surface area (Å²) in [4.78, 5) is 6.41. The van der Waals surface area contributed by atoms with Gasteiger partial charge in [0.15, 0.2) is 0 Å². The normalized spacial score (nSPS) is 18.4. The SMILES string of the molecule is Cc1ccn[c]c1CN1CCOCC1. The van der Waals surface area contributed by atoms with Gasteiger partial charge in [0.1, 0.15) is 0 Å². The molecule has 3 heteroatoms. The smallest absolute Gasteiger partial charge is 0.0937 e. The van der Waals surface area contributed by atoms with Crippen LogP contribution in [0.2, 0.25) is 0 Å². The summed E-state index contributed by atoms with van der Waals surface area (Å²) in [7, 11) is 0. The van der Waals surface area contributed by atoms with Gasteiger partial charge in [0, 0.05) is 25.8 Å². The van der Waals surface area contributed by atoms with Crippen LogP contribution in [0.3, 0.4) is 0 Å². The van der Waals surface area contributed by atoms with Crippen LogP contribution in [0.25, 0.3) is 0 Å². The van der Waals surface area contributed by atoms with Crippen LogP contribution >= 0.6 is 0 Å². The highest BCUT2D eigenvalue weighted by atomic mass is 16.5. The lowest BCUT2D eigenvalue weighted by atomic mass is 10.1. The van der Waals surface area contributed by atoms with Crippen molar-refractivity contribution in [3.8, 4) is 0 Å². The van der Waals surface area contributed by atoms with Crippen LogP contribution in [0.5, 0.6) is 0 Å². The summed E-state index contributed by atoms with van der Waals surface area (Å²) in [5.74, 6) is 0. The first-order valence-corrected chi connectivity index (χ1v) is 4.98. The van der Waals surface area contributed by atoms with Crippen molar-refractivity contribution in [2.45, 2.75) is 13.5 Å². The van der Waals surface area contributed by atoms with Crippen LogP contribution in [-0.2, 0) is 11.3 Å². The van der Waals surface area contributed by atoms with Crippen molar-refractivity contribution in [2.75, 3.05) is 26.3 Å². The molecule has 14 heavy (non-hydrogen) atoms. The van der Waals surface area contributed by atoms with Gasteiger partial charge < -0.3 is 4.74 Å². The lowest BCUT2D eigenvalue weighted by molar-refractivity contribution is 0.0340. The van der Waals surface area contributed by atoms with Gasteiger partial charge in [-0.15, -0.1) is 0 Å². The van der Waals surface area contributed by atoms with Gasteiger partial charge in [-0.2, -0.15) is 0 Å². The predicted molar refractivity (Wildman–Crippen MR) is 53.9 cm³/mol. The van der Waals surface area contributed by atoms with Crippen molar-refractivity contribution in [1.82, 2.24) is 9.88 Å². The minimum atomic E-state index is 0.847. The standard InChI is InChI=1S/C11H15N2O/c1-10-2-3-12-8-11(10)9-13-4-6-14-7-5-13/h2-3H,4-7,9H2,1H3. The molecule has 1 fully saturated rings. The molecule has 2 heterocycles. The van der Waals surface area contributed by atoms with E-state index in [-0.39, 0.29) is 0 Å². The molecule has 1 radical (unpaired) electrons. The minimum absolute atomic E-state index is 0.847. The summed E-state index contributed by atoms with van der Waals surface area (Å²) < 4.78 is 5.30. The fraction of sp³-hybridized carbons (Fsp3) is 0.545. The summed E-state index contributed by atoms with van der Waals surface area (Å²) in [5.41, 5.74) is 2.47. The molecule has 0 unspecified atom stereocenters. The Bertz CT molecular complexity index is 295. The number of rotatable bonds is 2. The monoisotopic (exact) mass is 191 g/mol. The molecular formula is C11H15N2O. The highest BCUT2D eigenvalue weighted by molar-refractivity contribution is 5.20. The van der Waals surface area contributed by atoms with Crippen molar-refractivity contribution < 1.29 is 4.74 Å². The zero-order valence-corrected chi connectivity index (χ0v) is 8.49. The number of aromatic nitrogens is 1. The Morgan fingerprint density at radius 3 is 3.00 bits per heavy atom. The average molecular weight is 191 g/mol. The van der Waals surface area contributed by atoms with E-state index >= 15 is 0 Å². The Morgan fingerprint density at radius 2 is 2.29 bits per heavy atom. The highest BCUT2D eigenvalue weighted by Gasteiger charge is 2.11. The summed E-state index contributed by atoms with van der Waals surface area (Å²) in [6.07, 6.45) is 4.84. The molecule has 0 amide bonds. The predicted octanol–water partition coefficient (Wildman–Crippen LogP) is 1.02. The Morgan fingerprint density at radius 1 is 1.50 bits per heavy atom. The van der Waals surface area contributed by atoms with E-state index in [4.69, 9.17) is 4.74 Å². The van der Waals surface area contributed by atoms with E-state index in [1.165, 1.54) is 11.1 Å². The lowest BCUT2D eigenvalue weighted by Crippen LogP contribution is -2.35. The van der Waals surface area contributed by atoms with Crippen molar-refractivity contribution in [3.63, 3.8) is 0 Å². The van der Waals surface area contributed by atoms with Crippen molar-refractivity contribution in [3.05, 3.63) is 29.6 Å². The van der Waals surface area contributed by atoms with Crippen LogP contribution in [0, 0.1) is 13.1 Å². The molecular weight excluding hydrogens is 176 g/mol. The van der Waals surface area contributed by atoms with E-state index in [0.29, 0.717) is 0 Å². The number of morpholine rings is 1. The topological polar surface area (TPSA) is 25.4 Å². The average Bonchev–Trinajstić information content (AvgIpc) is 2.23. The van der Waals surface area contributed by atoms with Crippen molar-refractivity contribution in [1.29, 1.82) is 0 Å². The first-order valence-electron chi connectivity index (χ1n) is 4.98. The van der Waals surface area contributed by atoms with E-state index in [9.17, 15) is 0 Å². The van der Waals surface area contributed by atoms with Gasteiger partial charge in [0.05, 0.1) is 19.4 Å². The molecule has 1 aromatic rings. The molecule has 2 rings (SSSR count). The van der Waals surface area contributed by atoms with Gasteiger partial charge in [-0.3, -0.25) is 9.88 Å². The Balaban J connectivity index is 1.99. The fourth-order valence-corrected chi connectivity index (χ4v) is 1.60. The van der Waals surface area contributed by atoms with Gasteiger partial charge >= 0.3 is 0 Å². The van der Waals surface area contributed by atoms with Crippen LogP contribution in [-0.4, -0.2) is 36.2 Å². The zero-order chi connectivity index (χ0) is 9.80. The molecule has 0 saturated carbocycles. The number of hydrogen-bond acceptors (Lipinski definition) is 3. The highest BCUT2D eigenvalue weighted by Crippen LogP contribution is 2.09. The molecule has 1 aliphatic heterocycles. The van der Waals surface area contributed by atoms with Gasteiger partial charge in [0.2, 0.25) is 0 Å². The van der Waals surface area contributed by atoms with E-state index < -0.39 is 0 Å². The zero-order valence-electron chi connectivity index (χ0n) is 8.49. The van der Waals surface area contributed by atoms with Crippen molar-refractivity contribution >= 4 is 0 Å². The first kappa shape index (κ1) is 9.62. The molecule has 0 N–H and O–H groups in total. The second-order valence-electron chi connectivity index (χ2n) is 3.61. The van der Waals surface area contributed by atoms with Crippen LogP contribution in [0.1, 0.15) is 11.1 Å². The molecule has 0 spiro atoms. The second kappa shape index (κ2) is 4.53. The molecule has 75 valence electrons.